The van der Waals surface area contributed by atoms with Gasteiger partial charge < -0.3 is 0 Å². The van der Waals surface area contributed by atoms with Crippen LogP contribution in [0.1, 0.15) is 58.8 Å². The van der Waals surface area contributed by atoms with Crippen molar-refractivity contribution in [2.75, 3.05) is 0 Å². The number of carbonyl (C=O) groups is 1. The first kappa shape index (κ1) is 17.8. The summed E-state index contributed by atoms with van der Waals surface area (Å²) in [6, 6.07) is 8.19. The standard InChI is InChI=1S/C20H23FN2OS/c1-3-13-5-10-18-15(11-13)12-19(25-18)20(24)23-22-17(4-2)14-6-8-16(21)9-7-14/h6-9,12-13H,3-5,10-11H2,1-2H3,(H,23,24)/b22-17-/t13-/m1/s1. The third-order valence-electron chi connectivity index (χ3n) is 4.79. The Morgan fingerprint density at radius 1 is 1.32 bits per heavy atom. The normalized spacial score (nSPS) is 17.2. The number of nitrogens with one attached hydrogen (secondary N) is 1. The summed E-state index contributed by atoms with van der Waals surface area (Å²) in [7, 11) is 0. The molecule has 0 saturated heterocycles. The summed E-state index contributed by atoms with van der Waals surface area (Å²) in [6.07, 6.45) is 5.22. The molecule has 1 aliphatic carbocycles. The summed E-state index contributed by atoms with van der Waals surface area (Å²) in [5, 5.41) is 4.26. The molecule has 0 radical (unpaired) electrons. The Bertz CT molecular complexity index is 779. The van der Waals surface area contributed by atoms with Gasteiger partial charge in [-0.1, -0.05) is 32.4 Å². The average Bonchev–Trinajstić information content (AvgIpc) is 3.06. The molecule has 1 aromatic heterocycles. The molecule has 1 atom stereocenters. The van der Waals surface area contributed by atoms with Gasteiger partial charge in [0.2, 0.25) is 0 Å². The molecule has 5 heteroatoms. The number of benzene rings is 1. The van der Waals surface area contributed by atoms with Gasteiger partial charge >= 0.3 is 0 Å². The zero-order valence-electron chi connectivity index (χ0n) is 14.6. The van der Waals surface area contributed by atoms with Gasteiger partial charge in [0.25, 0.3) is 5.91 Å². The van der Waals surface area contributed by atoms with Gasteiger partial charge in [-0.05, 0) is 60.9 Å². The fraction of sp³-hybridized carbons (Fsp3) is 0.400. The van der Waals surface area contributed by atoms with Crippen LogP contribution < -0.4 is 5.43 Å². The Balaban J connectivity index is 1.71. The quantitative estimate of drug-likeness (QED) is 0.596. The number of amides is 1. The summed E-state index contributed by atoms with van der Waals surface area (Å²) in [6.45, 7) is 4.19. The molecule has 132 valence electrons. The Kier molecular flexibility index (Phi) is 5.63. The zero-order chi connectivity index (χ0) is 17.8. The lowest BCUT2D eigenvalue weighted by atomic mass is 9.87. The number of rotatable bonds is 5. The molecule has 1 amide bonds. The van der Waals surface area contributed by atoms with Crippen LogP contribution in [0.5, 0.6) is 0 Å². The number of hydrogen-bond acceptors (Lipinski definition) is 3. The van der Waals surface area contributed by atoms with Crippen molar-refractivity contribution in [2.24, 2.45) is 11.0 Å². The van der Waals surface area contributed by atoms with Gasteiger partial charge in [0.05, 0.1) is 10.6 Å². The van der Waals surface area contributed by atoms with E-state index in [1.54, 1.807) is 23.5 Å². The van der Waals surface area contributed by atoms with Crippen molar-refractivity contribution < 1.29 is 9.18 Å². The van der Waals surface area contributed by atoms with Gasteiger partial charge in [-0.25, -0.2) is 9.82 Å². The summed E-state index contributed by atoms with van der Waals surface area (Å²) in [5.74, 6) is 0.291. The molecule has 25 heavy (non-hydrogen) atoms. The Labute approximate surface area is 152 Å². The van der Waals surface area contributed by atoms with E-state index in [0.717, 1.165) is 34.9 Å². The van der Waals surface area contributed by atoms with Crippen LogP contribution in [0.25, 0.3) is 0 Å². The third kappa shape index (κ3) is 4.15. The largest absolute Gasteiger partial charge is 0.281 e. The first-order valence-corrected chi connectivity index (χ1v) is 9.66. The number of fused-ring (bicyclic) bond motifs is 1. The summed E-state index contributed by atoms with van der Waals surface area (Å²) in [4.78, 5) is 14.5. The highest BCUT2D eigenvalue weighted by molar-refractivity contribution is 7.14. The van der Waals surface area contributed by atoms with E-state index in [1.165, 1.54) is 35.4 Å². The molecule has 0 saturated carbocycles. The molecule has 1 aliphatic rings. The summed E-state index contributed by atoms with van der Waals surface area (Å²) < 4.78 is 13.0. The van der Waals surface area contributed by atoms with Crippen LogP contribution >= 0.6 is 11.3 Å². The first-order chi connectivity index (χ1) is 12.1. The molecule has 3 rings (SSSR count). The number of thiophene rings is 1. The van der Waals surface area contributed by atoms with E-state index in [0.29, 0.717) is 6.42 Å². The van der Waals surface area contributed by atoms with E-state index in [1.807, 2.05) is 13.0 Å². The van der Waals surface area contributed by atoms with Crippen LogP contribution in [0.2, 0.25) is 0 Å². The molecule has 0 aliphatic heterocycles. The maximum absolute atomic E-state index is 13.0. The maximum Gasteiger partial charge on any atom is 0.281 e. The number of aryl methyl sites for hydroxylation is 1. The number of halogens is 1. The van der Waals surface area contributed by atoms with Crippen molar-refractivity contribution in [3.63, 3.8) is 0 Å². The predicted molar refractivity (Wildman–Crippen MR) is 101 cm³/mol. The van der Waals surface area contributed by atoms with Crippen molar-refractivity contribution in [3.8, 4) is 0 Å². The minimum absolute atomic E-state index is 0.166. The van der Waals surface area contributed by atoms with Crippen LogP contribution in [0.15, 0.2) is 35.4 Å². The lowest BCUT2D eigenvalue weighted by Gasteiger charge is -2.19. The Morgan fingerprint density at radius 2 is 2.08 bits per heavy atom. The van der Waals surface area contributed by atoms with Crippen LogP contribution in [-0.2, 0) is 12.8 Å². The fourth-order valence-electron chi connectivity index (χ4n) is 3.22. The fourth-order valence-corrected chi connectivity index (χ4v) is 4.32. The lowest BCUT2D eigenvalue weighted by molar-refractivity contribution is 0.0958. The topological polar surface area (TPSA) is 41.5 Å². The molecule has 0 bridgehead atoms. The summed E-state index contributed by atoms with van der Waals surface area (Å²) in [5.41, 5.74) is 5.55. The van der Waals surface area contributed by atoms with Gasteiger partial charge in [0.1, 0.15) is 5.82 Å². The second-order valence-electron chi connectivity index (χ2n) is 6.44. The van der Waals surface area contributed by atoms with Crippen molar-refractivity contribution in [1.82, 2.24) is 5.43 Å². The Morgan fingerprint density at radius 3 is 2.76 bits per heavy atom. The molecule has 3 nitrogen and oxygen atoms in total. The van der Waals surface area contributed by atoms with Crippen molar-refractivity contribution in [3.05, 3.63) is 57.0 Å². The van der Waals surface area contributed by atoms with Crippen LogP contribution in [0.3, 0.4) is 0 Å². The van der Waals surface area contributed by atoms with Gasteiger partial charge in [-0.3, -0.25) is 4.79 Å². The second-order valence-corrected chi connectivity index (χ2v) is 7.57. The van der Waals surface area contributed by atoms with E-state index in [4.69, 9.17) is 0 Å². The molecule has 2 aromatic rings. The van der Waals surface area contributed by atoms with E-state index >= 15 is 0 Å². The molecule has 1 aromatic carbocycles. The van der Waals surface area contributed by atoms with E-state index < -0.39 is 0 Å². The van der Waals surface area contributed by atoms with Crippen LogP contribution in [0.4, 0.5) is 4.39 Å². The lowest BCUT2D eigenvalue weighted by Crippen LogP contribution is -2.19. The molecular formula is C20H23FN2OS. The molecule has 1 heterocycles. The van der Waals surface area contributed by atoms with Gasteiger partial charge in [-0.2, -0.15) is 5.10 Å². The first-order valence-electron chi connectivity index (χ1n) is 8.85. The van der Waals surface area contributed by atoms with E-state index in [2.05, 4.69) is 17.5 Å². The number of hydrogen-bond donors (Lipinski definition) is 1. The molecule has 0 spiro atoms. The van der Waals surface area contributed by atoms with E-state index in [9.17, 15) is 9.18 Å². The van der Waals surface area contributed by atoms with Gasteiger partial charge in [-0.15, -0.1) is 11.3 Å². The average molecular weight is 358 g/mol. The molecule has 0 unspecified atom stereocenters. The number of carbonyl (C=O) groups excluding carboxylic acids is 1. The highest BCUT2D eigenvalue weighted by Crippen LogP contribution is 2.33. The zero-order valence-corrected chi connectivity index (χ0v) is 15.5. The number of hydrazone groups is 1. The van der Waals surface area contributed by atoms with Crippen molar-refractivity contribution in [1.29, 1.82) is 0 Å². The minimum Gasteiger partial charge on any atom is -0.266 e. The van der Waals surface area contributed by atoms with Crippen LogP contribution in [-0.4, -0.2) is 11.6 Å². The smallest absolute Gasteiger partial charge is 0.266 e. The van der Waals surface area contributed by atoms with Crippen molar-refractivity contribution >= 4 is 23.0 Å². The minimum atomic E-state index is -0.280. The number of nitrogens with zero attached hydrogens (tertiary/aromatic N) is 1. The van der Waals surface area contributed by atoms with Crippen molar-refractivity contribution in [2.45, 2.75) is 46.0 Å². The molecule has 1 N–H and O–H groups in total. The third-order valence-corrected chi connectivity index (χ3v) is 6.03. The predicted octanol–water partition coefficient (Wildman–Crippen LogP) is 4.95. The molecular weight excluding hydrogens is 335 g/mol. The van der Waals surface area contributed by atoms with Gasteiger partial charge in [0, 0.05) is 4.88 Å². The SMILES string of the molecule is CC/C(=N/NC(=O)c1cc2c(s1)CC[C@@H](CC)C2)c1ccc(F)cc1. The maximum atomic E-state index is 13.0. The highest BCUT2D eigenvalue weighted by atomic mass is 32.1. The summed E-state index contributed by atoms with van der Waals surface area (Å²) >= 11 is 1.58. The highest BCUT2D eigenvalue weighted by Gasteiger charge is 2.22. The van der Waals surface area contributed by atoms with E-state index in [-0.39, 0.29) is 11.7 Å². The van der Waals surface area contributed by atoms with Gasteiger partial charge in [0.15, 0.2) is 0 Å². The molecule has 0 fully saturated rings. The second kappa shape index (κ2) is 7.91. The van der Waals surface area contributed by atoms with Crippen LogP contribution in [0, 0.1) is 11.7 Å². The Hall–Kier alpha value is -2.01. The monoisotopic (exact) mass is 358 g/mol.